The Morgan fingerprint density at radius 2 is 1.77 bits per heavy atom. The van der Waals surface area contributed by atoms with Crippen LogP contribution in [0.4, 0.5) is 18.9 Å². The number of ether oxygens (including phenoxy) is 2. The van der Waals surface area contributed by atoms with Crippen LogP contribution in [0.1, 0.15) is 21.9 Å². The van der Waals surface area contributed by atoms with Gasteiger partial charge in [-0.1, -0.05) is 23.9 Å². The molecule has 2 aliphatic rings. The average molecular weight is 539 g/mol. The highest BCUT2D eigenvalue weighted by atomic mass is 32.2. The first kappa shape index (κ1) is 23.9. The molecule has 12 heteroatoms. The van der Waals surface area contributed by atoms with E-state index < -0.39 is 40.6 Å². The molecule has 0 radical (unpaired) electrons. The Morgan fingerprint density at radius 3 is 2.46 bits per heavy atom. The number of aromatic amines is 1. The number of rotatable bonds is 4. The van der Waals surface area contributed by atoms with Crippen LogP contribution in [-0.4, -0.2) is 36.3 Å². The third kappa shape index (κ3) is 3.93. The zero-order valence-electron chi connectivity index (χ0n) is 18.2. The maximum absolute atomic E-state index is 13.7. The molecular weight excluding hydrogens is 521 g/mol. The standard InChI is InChI=1S/C23H17F3N2O4S3/c1-31-13-7-6-10(8-14(13)32-2)15-16-18(34-19-17(15)35-22(33)27-19)21(30)28(20(16)29)12-5-3-4-11(9-12)23(24,25)26/h3-9,15-16,18H,1-2H3,(H,27,33)/t15-,16-,18-/m0/s1. The van der Waals surface area contributed by atoms with Crippen molar-refractivity contribution >= 4 is 52.8 Å². The zero-order valence-corrected chi connectivity index (χ0v) is 20.7. The van der Waals surface area contributed by atoms with Gasteiger partial charge in [-0.05, 0) is 48.1 Å². The highest BCUT2D eigenvalue weighted by Crippen LogP contribution is 2.54. The number of imide groups is 1. The third-order valence-corrected chi connectivity index (χ3v) is 8.78. The molecule has 1 fully saturated rings. The van der Waals surface area contributed by atoms with Crippen LogP contribution >= 0.6 is 35.3 Å². The van der Waals surface area contributed by atoms with Crippen molar-refractivity contribution in [3.8, 4) is 11.5 Å². The number of H-pyrrole nitrogens is 1. The largest absolute Gasteiger partial charge is 0.493 e. The van der Waals surface area contributed by atoms with Crippen LogP contribution in [0.25, 0.3) is 0 Å². The third-order valence-electron chi connectivity index (χ3n) is 6.02. The lowest BCUT2D eigenvalue weighted by Gasteiger charge is -2.30. The van der Waals surface area contributed by atoms with E-state index in [1.54, 1.807) is 18.2 Å². The fourth-order valence-corrected chi connectivity index (χ4v) is 7.46. The van der Waals surface area contributed by atoms with Crippen LogP contribution in [-0.2, 0) is 15.8 Å². The predicted octanol–water partition coefficient (Wildman–Crippen LogP) is 5.64. The SMILES string of the molecule is COc1ccc([C@@H]2c3sc(=S)[nH]c3S[C@@H]3C(=O)N(c4cccc(C(F)(F)F)c4)C(=O)[C@@H]23)cc1OC. The zero-order chi connectivity index (χ0) is 25.1. The maximum atomic E-state index is 13.7. The Kier molecular flexibility index (Phi) is 5.93. The fraction of sp³-hybridized carbons (Fsp3) is 0.261. The number of nitrogens with zero attached hydrogens (tertiary/aromatic N) is 1. The summed E-state index contributed by atoms with van der Waals surface area (Å²) in [7, 11) is 3.00. The second-order valence-corrected chi connectivity index (χ2v) is 10.8. The Balaban J connectivity index is 1.63. The number of aromatic nitrogens is 1. The van der Waals surface area contributed by atoms with Crippen molar-refractivity contribution in [3.05, 3.63) is 62.4 Å². The van der Waals surface area contributed by atoms with E-state index in [1.165, 1.54) is 49.5 Å². The smallest absolute Gasteiger partial charge is 0.416 e. The number of alkyl halides is 3. The van der Waals surface area contributed by atoms with Crippen molar-refractivity contribution in [2.75, 3.05) is 19.1 Å². The van der Waals surface area contributed by atoms with Gasteiger partial charge in [0.2, 0.25) is 11.8 Å². The van der Waals surface area contributed by atoms with Gasteiger partial charge in [0, 0.05) is 10.8 Å². The quantitative estimate of drug-likeness (QED) is 0.343. The van der Waals surface area contributed by atoms with Crippen LogP contribution in [0.2, 0.25) is 0 Å². The van der Waals surface area contributed by atoms with Gasteiger partial charge in [-0.15, -0.1) is 11.3 Å². The highest BCUT2D eigenvalue weighted by molar-refractivity contribution is 8.01. The number of hydrogen-bond acceptors (Lipinski definition) is 7. The number of nitrogens with one attached hydrogen (secondary N) is 1. The van der Waals surface area contributed by atoms with Crippen molar-refractivity contribution in [2.24, 2.45) is 5.92 Å². The molecule has 2 aromatic carbocycles. The number of anilines is 1. The number of benzene rings is 2. The van der Waals surface area contributed by atoms with Gasteiger partial charge in [0.1, 0.15) is 5.25 Å². The van der Waals surface area contributed by atoms with Crippen molar-refractivity contribution in [1.29, 1.82) is 0 Å². The van der Waals surface area contributed by atoms with Crippen molar-refractivity contribution in [1.82, 2.24) is 4.98 Å². The Hall–Kier alpha value is -2.83. The van der Waals surface area contributed by atoms with Crippen LogP contribution < -0.4 is 14.4 Å². The highest BCUT2D eigenvalue weighted by Gasteiger charge is 2.56. The van der Waals surface area contributed by atoms with E-state index in [1.807, 2.05) is 0 Å². The van der Waals surface area contributed by atoms with E-state index in [0.717, 1.165) is 21.9 Å². The van der Waals surface area contributed by atoms with Crippen LogP contribution in [0.3, 0.4) is 0 Å². The first-order valence-corrected chi connectivity index (χ1v) is 12.4. The molecule has 182 valence electrons. The molecule has 3 aromatic rings. The molecule has 6 nitrogen and oxygen atoms in total. The molecule has 0 bridgehead atoms. The molecule has 1 aromatic heterocycles. The lowest BCUT2D eigenvalue weighted by atomic mass is 9.83. The van der Waals surface area contributed by atoms with Crippen LogP contribution in [0, 0.1) is 9.87 Å². The summed E-state index contributed by atoms with van der Waals surface area (Å²) >= 11 is 7.82. The van der Waals surface area contributed by atoms with Gasteiger partial charge in [-0.25, -0.2) is 4.90 Å². The van der Waals surface area contributed by atoms with E-state index in [2.05, 4.69) is 4.98 Å². The Labute approximate surface area is 211 Å². The molecule has 0 unspecified atom stereocenters. The minimum atomic E-state index is -4.61. The van der Waals surface area contributed by atoms with Gasteiger partial charge >= 0.3 is 6.18 Å². The normalized spacial score (nSPS) is 21.6. The topological polar surface area (TPSA) is 71.6 Å². The summed E-state index contributed by atoms with van der Waals surface area (Å²) < 4.78 is 51.2. The number of hydrogen-bond donors (Lipinski definition) is 1. The van der Waals surface area contributed by atoms with E-state index in [0.29, 0.717) is 26.0 Å². The van der Waals surface area contributed by atoms with E-state index in [4.69, 9.17) is 21.7 Å². The summed E-state index contributed by atoms with van der Waals surface area (Å²) in [4.78, 5) is 31.9. The summed E-state index contributed by atoms with van der Waals surface area (Å²) in [5.41, 5.74) is -0.332. The van der Waals surface area contributed by atoms with Crippen LogP contribution in [0.15, 0.2) is 47.5 Å². The average Bonchev–Trinajstić information content (AvgIpc) is 3.32. The first-order valence-electron chi connectivity index (χ1n) is 10.3. The number of carbonyl (C=O) groups is 2. The van der Waals surface area contributed by atoms with Gasteiger partial charge in [-0.3, -0.25) is 9.59 Å². The van der Waals surface area contributed by atoms with Gasteiger partial charge in [0.05, 0.1) is 36.4 Å². The summed E-state index contributed by atoms with van der Waals surface area (Å²) in [5, 5.41) is -0.157. The van der Waals surface area contributed by atoms with Crippen molar-refractivity contribution in [2.45, 2.75) is 22.4 Å². The van der Waals surface area contributed by atoms with E-state index in [9.17, 15) is 22.8 Å². The minimum Gasteiger partial charge on any atom is -0.493 e. The van der Waals surface area contributed by atoms with Gasteiger partial charge in [-0.2, -0.15) is 13.2 Å². The second-order valence-electron chi connectivity index (χ2n) is 7.92. The summed E-state index contributed by atoms with van der Waals surface area (Å²) in [6.45, 7) is 0. The number of halogens is 3. The minimum absolute atomic E-state index is 0.104. The molecule has 0 saturated carbocycles. The lowest BCUT2D eigenvalue weighted by Crippen LogP contribution is -2.32. The fourth-order valence-electron chi connectivity index (χ4n) is 4.50. The Morgan fingerprint density at radius 1 is 1.03 bits per heavy atom. The molecule has 1 N–H and O–H groups in total. The van der Waals surface area contributed by atoms with E-state index in [-0.39, 0.29) is 5.69 Å². The maximum Gasteiger partial charge on any atom is 0.416 e. The summed E-state index contributed by atoms with van der Waals surface area (Å²) in [6, 6.07) is 9.49. The first-order chi connectivity index (χ1) is 16.6. The number of methoxy groups -OCH3 is 2. The number of amides is 2. The van der Waals surface area contributed by atoms with Gasteiger partial charge in [0.15, 0.2) is 15.5 Å². The Bertz CT molecular complexity index is 1400. The second kappa shape index (κ2) is 8.68. The molecule has 0 aliphatic carbocycles. The van der Waals surface area contributed by atoms with Gasteiger partial charge < -0.3 is 14.5 Å². The molecule has 5 rings (SSSR count). The predicted molar refractivity (Wildman–Crippen MR) is 128 cm³/mol. The van der Waals surface area contributed by atoms with Crippen molar-refractivity contribution < 1.29 is 32.2 Å². The van der Waals surface area contributed by atoms with Crippen LogP contribution in [0.5, 0.6) is 11.5 Å². The number of thiazole rings is 1. The molecule has 3 atom stereocenters. The molecule has 1 saturated heterocycles. The molecular formula is C23H17F3N2O4S3. The van der Waals surface area contributed by atoms with Gasteiger partial charge in [0.25, 0.3) is 0 Å². The van der Waals surface area contributed by atoms with E-state index >= 15 is 0 Å². The molecule has 0 spiro atoms. The summed E-state index contributed by atoms with van der Waals surface area (Å²) in [5.74, 6) is -1.57. The lowest BCUT2D eigenvalue weighted by molar-refractivity contribution is -0.137. The monoisotopic (exact) mass is 538 g/mol. The molecule has 35 heavy (non-hydrogen) atoms. The molecule has 2 amide bonds. The number of thioether (sulfide) groups is 1. The number of carbonyl (C=O) groups excluding carboxylic acids is 2. The molecule has 2 aliphatic heterocycles. The summed E-state index contributed by atoms with van der Waals surface area (Å²) in [6.07, 6.45) is -4.61. The molecule has 3 heterocycles. The van der Waals surface area contributed by atoms with Crippen molar-refractivity contribution in [3.63, 3.8) is 0 Å². The number of fused-ring (bicyclic) bond motifs is 2.